The molecule has 6 nitrogen and oxygen atoms in total. The number of ether oxygens (including phenoxy) is 2. The molecule has 1 aliphatic rings. The summed E-state index contributed by atoms with van der Waals surface area (Å²) >= 11 is 0. The van der Waals surface area contributed by atoms with Gasteiger partial charge in [0.05, 0.1) is 18.6 Å². The third-order valence-electron chi connectivity index (χ3n) is 4.51. The summed E-state index contributed by atoms with van der Waals surface area (Å²) in [6.07, 6.45) is 0. The molecule has 1 aromatic heterocycles. The number of hydrogen-bond acceptors (Lipinski definition) is 5. The van der Waals surface area contributed by atoms with E-state index in [4.69, 9.17) is 15.2 Å². The van der Waals surface area contributed by atoms with Gasteiger partial charge in [-0.15, -0.1) is 0 Å². The maximum Gasteiger partial charge on any atom is 0.340 e. The summed E-state index contributed by atoms with van der Waals surface area (Å²) in [6.45, 7) is 4.02. The molecular formula is C19H19FN2O4. The van der Waals surface area contributed by atoms with Crippen molar-refractivity contribution in [1.29, 1.82) is 0 Å². The van der Waals surface area contributed by atoms with Crippen LogP contribution in [-0.4, -0.2) is 17.6 Å². The molecule has 2 heterocycles. The van der Waals surface area contributed by atoms with Crippen LogP contribution >= 0.6 is 0 Å². The molecule has 0 saturated carbocycles. The Bertz CT molecular complexity index is 978. The molecule has 2 N–H and O–H groups in total. The minimum atomic E-state index is -1.02. The highest BCUT2D eigenvalue weighted by molar-refractivity contribution is 5.92. The molecule has 0 spiro atoms. The summed E-state index contributed by atoms with van der Waals surface area (Å²) in [4.78, 5) is 25.4. The summed E-state index contributed by atoms with van der Waals surface area (Å²) in [5.74, 6) is -2.33. The molecule has 1 aliphatic heterocycles. The number of aryl methyl sites for hydroxylation is 1. The number of methoxy groups -OCH3 is 1. The highest BCUT2D eigenvalue weighted by Crippen LogP contribution is 2.41. The Morgan fingerprint density at radius 3 is 2.69 bits per heavy atom. The standard InChI is InChI=1S/C19H19FN2O4/c1-4-22-10(2)9-13-15(18(22)23)14(11-7-5-6-8-12(11)20)16(17(21)26-13)19(24)25-3/h5-9,14H,4,21H2,1-3H3/t14-/m1/s1. The van der Waals surface area contributed by atoms with E-state index >= 15 is 0 Å². The highest BCUT2D eigenvalue weighted by Gasteiger charge is 2.39. The monoisotopic (exact) mass is 358 g/mol. The molecule has 3 rings (SSSR count). The number of hydrogen-bond donors (Lipinski definition) is 1. The van der Waals surface area contributed by atoms with E-state index in [1.807, 2.05) is 6.92 Å². The maximum absolute atomic E-state index is 14.6. The van der Waals surface area contributed by atoms with E-state index < -0.39 is 17.7 Å². The second kappa shape index (κ2) is 6.67. The van der Waals surface area contributed by atoms with Crippen molar-refractivity contribution in [3.8, 4) is 5.75 Å². The number of nitrogens with zero attached hydrogens (tertiary/aromatic N) is 1. The summed E-state index contributed by atoms with van der Waals surface area (Å²) in [5, 5.41) is 0. The van der Waals surface area contributed by atoms with Crippen molar-refractivity contribution in [2.45, 2.75) is 26.3 Å². The van der Waals surface area contributed by atoms with Gasteiger partial charge in [-0.05, 0) is 19.9 Å². The lowest BCUT2D eigenvalue weighted by Crippen LogP contribution is -2.35. The molecule has 0 fully saturated rings. The average molecular weight is 358 g/mol. The van der Waals surface area contributed by atoms with Crippen LogP contribution in [0.4, 0.5) is 4.39 Å². The van der Waals surface area contributed by atoms with Crippen LogP contribution in [0, 0.1) is 12.7 Å². The van der Waals surface area contributed by atoms with Crippen LogP contribution in [0.15, 0.2) is 46.6 Å². The Morgan fingerprint density at radius 2 is 2.08 bits per heavy atom. The third kappa shape index (κ3) is 2.65. The van der Waals surface area contributed by atoms with Gasteiger partial charge in [-0.2, -0.15) is 0 Å². The molecule has 1 atom stereocenters. The molecule has 7 heteroatoms. The molecule has 26 heavy (non-hydrogen) atoms. The molecule has 136 valence electrons. The summed E-state index contributed by atoms with van der Waals surface area (Å²) in [5.41, 5.74) is 6.50. The molecular weight excluding hydrogens is 339 g/mol. The lowest BCUT2D eigenvalue weighted by Gasteiger charge is -2.29. The number of nitrogens with two attached hydrogens (primary N) is 1. The van der Waals surface area contributed by atoms with Crippen molar-refractivity contribution in [3.05, 3.63) is 74.8 Å². The Balaban J connectivity index is 2.39. The first kappa shape index (κ1) is 17.7. The number of carbonyl (C=O) groups is 1. The normalized spacial score (nSPS) is 16.1. The first-order valence-corrected chi connectivity index (χ1v) is 8.15. The molecule has 0 amide bonds. The van der Waals surface area contributed by atoms with Crippen molar-refractivity contribution < 1.29 is 18.7 Å². The Morgan fingerprint density at radius 1 is 1.38 bits per heavy atom. The molecule has 0 radical (unpaired) electrons. The second-order valence-electron chi connectivity index (χ2n) is 5.94. The minimum Gasteiger partial charge on any atom is -0.465 e. The predicted octanol–water partition coefficient (Wildman–Crippen LogP) is 2.18. The fraction of sp³-hybridized carbons (Fsp3) is 0.263. The lowest BCUT2D eigenvalue weighted by molar-refractivity contribution is -0.136. The van der Waals surface area contributed by atoms with Crippen molar-refractivity contribution >= 4 is 5.97 Å². The Hall–Kier alpha value is -3.09. The van der Waals surface area contributed by atoms with Gasteiger partial charge in [0, 0.05) is 23.9 Å². The fourth-order valence-corrected chi connectivity index (χ4v) is 3.31. The topological polar surface area (TPSA) is 83.5 Å². The van der Waals surface area contributed by atoms with Crippen LogP contribution in [0.1, 0.15) is 29.7 Å². The number of benzene rings is 1. The molecule has 0 saturated heterocycles. The van der Waals surface area contributed by atoms with Gasteiger partial charge in [0.2, 0.25) is 5.88 Å². The van der Waals surface area contributed by atoms with Gasteiger partial charge in [0.25, 0.3) is 5.56 Å². The first-order valence-electron chi connectivity index (χ1n) is 8.15. The van der Waals surface area contributed by atoms with E-state index in [1.54, 1.807) is 19.1 Å². The molecule has 2 aromatic rings. The number of rotatable bonds is 3. The zero-order valence-electron chi connectivity index (χ0n) is 14.7. The largest absolute Gasteiger partial charge is 0.465 e. The second-order valence-corrected chi connectivity index (χ2v) is 5.94. The van der Waals surface area contributed by atoms with E-state index in [0.717, 1.165) is 0 Å². The van der Waals surface area contributed by atoms with Gasteiger partial charge in [-0.3, -0.25) is 4.79 Å². The van der Waals surface area contributed by atoms with Crippen molar-refractivity contribution in [2.75, 3.05) is 7.11 Å². The van der Waals surface area contributed by atoms with Crippen LogP contribution in [0.25, 0.3) is 0 Å². The van der Waals surface area contributed by atoms with Crippen molar-refractivity contribution in [2.24, 2.45) is 5.73 Å². The average Bonchev–Trinajstić information content (AvgIpc) is 2.60. The van der Waals surface area contributed by atoms with Gasteiger partial charge in [-0.1, -0.05) is 18.2 Å². The van der Waals surface area contributed by atoms with E-state index in [2.05, 4.69) is 0 Å². The smallest absolute Gasteiger partial charge is 0.340 e. The van der Waals surface area contributed by atoms with E-state index in [-0.39, 0.29) is 33.9 Å². The van der Waals surface area contributed by atoms with Crippen LogP contribution < -0.4 is 16.0 Å². The van der Waals surface area contributed by atoms with Crippen molar-refractivity contribution in [1.82, 2.24) is 4.57 Å². The summed E-state index contributed by atoms with van der Waals surface area (Å²) in [7, 11) is 1.19. The van der Waals surface area contributed by atoms with E-state index in [9.17, 15) is 14.0 Å². The molecule has 0 aliphatic carbocycles. The predicted molar refractivity (Wildman–Crippen MR) is 93.2 cm³/mol. The van der Waals surface area contributed by atoms with Gasteiger partial charge in [-0.25, -0.2) is 9.18 Å². The van der Waals surface area contributed by atoms with Gasteiger partial charge in [0.15, 0.2) is 0 Å². The Kier molecular flexibility index (Phi) is 4.54. The van der Waals surface area contributed by atoms with E-state index in [1.165, 1.54) is 29.9 Å². The first-order chi connectivity index (χ1) is 12.4. The molecule has 1 aromatic carbocycles. The third-order valence-corrected chi connectivity index (χ3v) is 4.51. The summed E-state index contributed by atoms with van der Waals surface area (Å²) < 4.78 is 26.4. The van der Waals surface area contributed by atoms with Crippen molar-refractivity contribution in [3.63, 3.8) is 0 Å². The number of pyridine rings is 1. The zero-order valence-corrected chi connectivity index (χ0v) is 14.7. The number of carbonyl (C=O) groups excluding carboxylic acids is 1. The van der Waals surface area contributed by atoms with Crippen LogP contribution in [-0.2, 0) is 16.1 Å². The number of esters is 1. The number of halogens is 1. The molecule has 0 unspecified atom stereocenters. The quantitative estimate of drug-likeness (QED) is 0.851. The van der Waals surface area contributed by atoms with E-state index in [0.29, 0.717) is 12.2 Å². The molecule has 0 bridgehead atoms. The van der Waals surface area contributed by atoms with Crippen LogP contribution in [0.5, 0.6) is 5.75 Å². The van der Waals surface area contributed by atoms with Gasteiger partial charge in [0.1, 0.15) is 17.1 Å². The SMILES string of the molecule is CCn1c(C)cc2c(c1=O)[C@@H](c1ccccc1F)C(C(=O)OC)=C(N)O2. The number of aromatic nitrogens is 1. The van der Waals surface area contributed by atoms with Gasteiger partial charge < -0.3 is 19.8 Å². The summed E-state index contributed by atoms with van der Waals surface area (Å²) in [6, 6.07) is 7.60. The van der Waals surface area contributed by atoms with Crippen LogP contribution in [0.3, 0.4) is 0 Å². The minimum absolute atomic E-state index is 0.0892. The Labute approximate surface area is 149 Å². The van der Waals surface area contributed by atoms with Gasteiger partial charge >= 0.3 is 5.97 Å². The lowest BCUT2D eigenvalue weighted by atomic mass is 9.83. The fourth-order valence-electron chi connectivity index (χ4n) is 3.31. The number of fused-ring (bicyclic) bond motifs is 1. The highest BCUT2D eigenvalue weighted by atomic mass is 19.1. The van der Waals surface area contributed by atoms with Crippen LogP contribution in [0.2, 0.25) is 0 Å². The maximum atomic E-state index is 14.6. The zero-order chi connectivity index (χ0) is 19.0.